The number of allylic oxidation sites excluding steroid dienone is 1. The number of piperidine rings is 1. The smallest absolute Gasteiger partial charge is 0.0765 e. The highest BCUT2D eigenvalue weighted by atomic mass is 16.5. The molecule has 0 bridgehead atoms. The SMILES string of the molecule is CC1=C2CC3C(CCC4CCCCC43C)C2CCC2(C1)OC1CC(C)CNC1[C@H]2C. The topological polar surface area (TPSA) is 21.3 Å². The Morgan fingerprint density at radius 2 is 1.90 bits per heavy atom. The van der Waals surface area contributed by atoms with Crippen molar-refractivity contribution in [2.75, 3.05) is 6.54 Å². The number of hydrogen-bond donors (Lipinski definition) is 1. The summed E-state index contributed by atoms with van der Waals surface area (Å²) in [5.74, 6) is 5.25. The monoisotopic (exact) mass is 411 g/mol. The van der Waals surface area contributed by atoms with Crippen molar-refractivity contribution in [3.63, 3.8) is 0 Å². The van der Waals surface area contributed by atoms with Gasteiger partial charge in [-0.1, -0.05) is 44.8 Å². The Bertz CT molecular complexity index is 728. The molecule has 1 spiro atoms. The van der Waals surface area contributed by atoms with Gasteiger partial charge in [0.05, 0.1) is 11.7 Å². The Labute approximate surface area is 185 Å². The maximum absolute atomic E-state index is 7.04. The highest BCUT2D eigenvalue weighted by Gasteiger charge is 2.58. The van der Waals surface area contributed by atoms with Crippen LogP contribution < -0.4 is 5.32 Å². The fourth-order valence-electron chi connectivity index (χ4n) is 9.86. The zero-order valence-corrected chi connectivity index (χ0v) is 20.0. The predicted molar refractivity (Wildman–Crippen MR) is 123 cm³/mol. The Balaban J connectivity index is 1.28. The van der Waals surface area contributed by atoms with E-state index in [0.717, 1.165) is 29.6 Å². The van der Waals surface area contributed by atoms with Crippen molar-refractivity contribution < 1.29 is 4.74 Å². The number of nitrogens with one attached hydrogen (secondary N) is 1. The van der Waals surface area contributed by atoms with E-state index in [1.807, 2.05) is 5.57 Å². The van der Waals surface area contributed by atoms with Crippen LogP contribution in [0.4, 0.5) is 0 Å². The van der Waals surface area contributed by atoms with Gasteiger partial charge >= 0.3 is 0 Å². The highest BCUT2D eigenvalue weighted by molar-refractivity contribution is 5.29. The molecule has 0 aromatic heterocycles. The minimum absolute atomic E-state index is 0.106. The molecular weight excluding hydrogens is 366 g/mol. The zero-order chi connectivity index (χ0) is 20.7. The lowest BCUT2D eigenvalue weighted by atomic mass is 9.52. The van der Waals surface area contributed by atoms with Gasteiger partial charge in [-0.2, -0.15) is 0 Å². The lowest BCUT2D eigenvalue weighted by molar-refractivity contribution is -0.0742. The number of rotatable bonds is 0. The van der Waals surface area contributed by atoms with Crippen LogP contribution in [0.3, 0.4) is 0 Å². The highest BCUT2D eigenvalue weighted by Crippen LogP contribution is 2.65. The number of hydrogen-bond acceptors (Lipinski definition) is 2. The maximum atomic E-state index is 7.04. The second kappa shape index (κ2) is 7.08. The predicted octanol–water partition coefficient (Wildman–Crippen LogP) is 6.50. The van der Waals surface area contributed by atoms with Crippen molar-refractivity contribution in [1.29, 1.82) is 0 Å². The van der Waals surface area contributed by atoms with Crippen molar-refractivity contribution in [3.05, 3.63) is 11.1 Å². The van der Waals surface area contributed by atoms with Gasteiger partial charge < -0.3 is 10.1 Å². The van der Waals surface area contributed by atoms with Crippen molar-refractivity contribution in [1.82, 2.24) is 5.32 Å². The molecule has 2 nitrogen and oxygen atoms in total. The Hall–Kier alpha value is -0.340. The average Bonchev–Trinajstić information content (AvgIpc) is 3.18. The second-order valence-corrected chi connectivity index (χ2v) is 12.9. The van der Waals surface area contributed by atoms with Crippen LogP contribution in [0, 0.1) is 40.9 Å². The molecule has 3 saturated carbocycles. The molecule has 2 heteroatoms. The van der Waals surface area contributed by atoms with Crippen LogP contribution in [0.25, 0.3) is 0 Å². The third-order valence-corrected chi connectivity index (χ3v) is 11.6. The van der Waals surface area contributed by atoms with Crippen LogP contribution in [-0.2, 0) is 4.74 Å². The van der Waals surface area contributed by atoms with Gasteiger partial charge in [0.15, 0.2) is 0 Å². The van der Waals surface area contributed by atoms with E-state index in [0.29, 0.717) is 23.5 Å². The van der Waals surface area contributed by atoms with E-state index in [1.54, 1.807) is 5.57 Å². The summed E-state index contributed by atoms with van der Waals surface area (Å²) in [6, 6.07) is 0.585. The van der Waals surface area contributed by atoms with Gasteiger partial charge in [-0.05, 0) is 106 Å². The van der Waals surface area contributed by atoms with Crippen molar-refractivity contribution in [2.45, 2.75) is 116 Å². The number of ether oxygens (including phenoxy) is 1. The summed E-state index contributed by atoms with van der Waals surface area (Å²) in [5.41, 5.74) is 4.39. The number of fused-ring (bicyclic) bond motifs is 6. The summed E-state index contributed by atoms with van der Waals surface area (Å²) in [6.07, 6.45) is 16.1. The maximum Gasteiger partial charge on any atom is 0.0765 e. The van der Waals surface area contributed by atoms with E-state index >= 15 is 0 Å². The molecule has 6 rings (SSSR count). The molecule has 10 atom stereocenters. The van der Waals surface area contributed by atoms with Gasteiger partial charge in [0.1, 0.15) is 0 Å². The van der Waals surface area contributed by atoms with Crippen molar-refractivity contribution in [3.8, 4) is 0 Å². The summed E-state index contributed by atoms with van der Waals surface area (Å²) in [5, 5.41) is 3.88. The summed E-state index contributed by atoms with van der Waals surface area (Å²) < 4.78 is 7.04. The lowest BCUT2D eigenvalue weighted by Gasteiger charge is -2.52. The first-order chi connectivity index (χ1) is 14.4. The Morgan fingerprint density at radius 3 is 2.77 bits per heavy atom. The van der Waals surface area contributed by atoms with Crippen LogP contribution in [0.5, 0.6) is 0 Å². The molecule has 0 amide bonds. The molecule has 30 heavy (non-hydrogen) atoms. The Kier molecular flexibility index (Phi) is 4.78. The van der Waals surface area contributed by atoms with Crippen molar-refractivity contribution in [2.24, 2.45) is 40.9 Å². The quantitative estimate of drug-likeness (QED) is 0.459. The van der Waals surface area contributed by atoms with E-state index in [1.165, 1.54) is 77.2 Å². The van der Waals surface area contributed by atoms with Gasteiger partial charge in [-0.15, -0.1) is 0 Å². The van der Waals surface area contributed by atoms with Gasteiger partial charge in [-0.25, -0.2) is 0 Å². The minimum Gasteiger partial charge on any atom is -0.369 e. The molecule has 9 unspecified atom stereocenters. The van der Waals surface area contributed by atoms with Crippen LogP contribution in [-0.4, -0.2) is 24.3 Å². The fourth-order valence-corrected chi connectivity index (χ4v) is 9.86. The Morgan fingerprint density at radius 1 is 1.03 bits per heavy atom. The molecule has 2 saturated heterocycles. The van der Waals surface area contributed by atoms with Crippen LogP contribution in [0.15, 0.2) is 11.1 Å². The van der Waals surface area contributed by atoms with E-state index in [-0.39, 0.29) is 5.60 Å². The van der Waals surface area contributed by atoms with Gasteiger partial charge in [0.25, 0.3) is 0 Å². The molecule has 4 aliphatic carbocycles. The molecule has 5 fully saturated rings. The summed E-state index contributed by atoms with van der Waals surface area (Å²) in [7, 11) is 0. The normalized spacial score (nSPS) is 55.6. The molecule has 1 N–H and O–H groups in total. The fraction of sp³-hybridized carbons (Fsp3) is 0.929. The van der Waals surface area contributed by atoms with E-state index in [4.69, 9.17) is 4.74 Å². The zero-order valence-electron chi connectivity index (χ0n) is 20.0. The van der Waals surface area contributed by atoms with E-state index in [9.17, 15) is 0 Å². The lowest BCUT2D eigenvalue weighted by Crippen LogP contribution is -2.48. The minimum atomic E-state index is 0.106. The molecule has 6 aliphatic rings. The largest absolute Gasteiger partial charge is 0.369 e. The van der Waals surface area contributed by atoms with Gasteiger partial charge in [-0.3, -0.25) is 0 Å². The third-order valence-electron chi connectivity index (χ3n) is 11.6. The molecular formula is C28H45NO. The molecule has 2 heterocycles. The van der Waals surface area contributed by atoms with E-state index in [2.05, 4.69) is 33.0 Å². The van der Waals surface area contributed by atoms with Crippen LogP contribution in [0.2, 0.25) is 0 Å². The van der Waals surface area contributed by atoms with Gasteiger partial charge in [0.2, 0.25) is 0 Å². The summed E-state index contributed by atoms with van der Waals surface area (Å²) in [4.78, 5) is 0. The van der Waals surface area contributed by atoms with Crippen LogP contribution >= 0.6 is 0 Å². The second-order valence-electron chi connectivity index (χ2n) is 12.9. The first kappa shape index (κ1) is 20.3. The average molecular weight is 412 g/mol. The van der Waals surface area contributed by atoms with E-state index < -0.39 is 0 Å². The molecule has 0 aromatic rings. The first-order valence-electron chi connectivity index (χ1n) is 13.5. The standard InChI is InChI=1S/C28H45NO/c1-17-13-25-26(29-16-17)19(3)28(30-25)12-10-21-22-9-8-20-7-5-6-11-27(20,4)24(22)14-23(21)18(2)15-28/h17,19-22,24-26,29H,5-16H2,1-4H3/t17?,19-,20?,21?,22?,24?,25?,26?,27?,28?/m1/s1. The summed E-state index contributed by atoms with van der Waals surface area (Å²) >= 11 is 0. The van der Waals surface area contributed by atoms with Crippen molar-refractivity contribution >= 4 is 0 Å². The molecule has 0 aromatic carbocycles. The van der Waals surface area contributed by atoms with Crippen LogP contribution in [0.1, 0.15) is 98.3 Å². The third kappa shape index (κ3) is 2.81. The van der Waals surface area contributed by atoms with Gasteiger partial charge in [0, 0.05) is 12.0 Å². The molecule has 0 radical (unpaired) electrons. The first-order valence-corrected chi connectivity index (χ1v) is 13.5. The molecule has 2 aliphatic heterocycles. The molecule has 168 valence electrons. The summed E-state index contributed by atoms with van der Waals surface area (Å²) in [6.45, 7) is 11.3.